The number of ether oxygens (including phenoxy) is 1. The van der Waals surface area contributed by atoms with Crippen LogP contribution in [0.3, 0.4) is 0 Å². The van der Waals surface area contributed by atoms with E-state index in [1.807, 2.05) is 13.8 Å². The van der Waals surface area contributed by atoms with Crippen molar-refractivity contribution in [3.8, 4) is 0 Å². The first-order valence-electron chi connectivity index (χ1n) is 6.65. The van der Waals surface area contributed by atoms with Crippen molar-refractivity contribution in [1.29, 1.82) is 0 Å². The van der Waals surface area contributed by atoms with Gasteiger partial charge in [-0.1, -0.05) is 37.2 Å². The molecule has 0 saturated carbocycles. The van der Waals surface area contributed by atoms with Crippen LogP contribution in [-0.2, 0) is 9.53 Å². The van der Waals surface area contributed by atoms with Gasteiger partial charge in [-0.05, 0) is 18.9 Å². The summed E-state index contributed by atoms with van der Waals surface area (Å²) in [5.41, 5.74) is -1.50. The van der Waals surface area contributed by atoms with Crippen LogP contribution in [0, 0.1) is 5.92 Å². The Morgan fingerprint density at radius 1 is 1.33 bits per heavy atom. The highest BCUT2D eigenvalue weighted by Crippen LogP contribution is 2.27. The number of esters is 1. The predicted molar refractivity (Wildman–Crippen MR) is 79.2 cm³/mol. The van der Waals surface area contributed by atoms with Crippen LogP contribution < -0.4 is 10.9 Å². The highest BCUT2D eigenvalue weighted by molar-refractivity contribution is 5.93. The van der Waals surface area contributed by atoms with E-state index in [2.05, 4.69) is 10.5 Å². The molecular formula is C15H18N2O4. The molecule has 1 heterocycles. The quantitative estimate of drug-likeness (QED) is 0.869. The SMILES string of the molecule is COC(=O)C(C)(Nc1noc(=O)c2ccccc12)C(C)C. The second kappa shape index (κ2) is 5.55. The fourth-order valence-corrected chi connectivity index (χ4v) is 2.03. The van der Waals surface area contributed by atoms with Gasteiger partial charge in [0.25, 0.3) is 0 Å². The van der Waals surface area contributed by atoms with Crippen LogP contribution in [-0.4, -0.2) is 23.8 Å². The third-order valence-electron chi connectivity index (χ3n) is 3.76. The Balaban J connectivity index is 2.55. The fourth-order valence-electron chi connectivity index (χ4n) is 2.03. The molecule has 1 unspecified atom stereocenters. The lowest BCUT2D eigenvalue weighted by Crippen LogP contribution is -2.49. The average molecular weight is 290 g/mol. The second-order valence-electron chi connectivity index (χ2n) is 5.34. The number of fused-ring (bicyclic) bond motifs is 1. The van der Waals surface area contributed by atoms with Crippen molar-refractivity contribution in [3.63, 3.8) is 0 Å². The Bertz CT molecular complexity index is 723. The molecule has 2 aromatic rings. The first-order chi connectivity index (χ1) is 9.90. The number of carbonyl (C=O) groups is 1. The summed E-state index contributed by atoms with van der Waals surface area (Å²) in [7, 11) is 1.33. The first kappa shape index (κ1) is 15.0. The van der Waals surface area contributed by atoms with Crippen LogP contribution in [0.15, 0.2) is 33.6 Å². The summed E-state index contributed by atoms with van der Waals surface area (Å²) in [5, 5.41) is 7.85. The highest BCUT2D eigenvalue weighted by atomic mass is 16.5. The lowest BCUT2D eigenvalue weighted by molar-refractivity contribution is -0.147. The molecule has 0 aliphatic carbocycles. The summed E-state index contributed by atoms with van der Waals surface area (Å²) < 4.78 is 9.65. The summed E-state index contributed by atoms with van der Waals surface area (Å²) in [4.78, 5) is 23.7. The maximum atomic E-state index is 12.1. The number of nitrogens with one attached hydrogen (secondary N) is 1. The third-order valence-corrected chi connectivity index (χ3v) is 3.76. The zero-order valence-corrected chi connectivity index (χ0v) is 12.5. The van der Waals surface area contributed by atoms with Gasteiger partial charge in [-0.15, -0.1) is 0 Å². The van der Waals surface area contributed by atoms with E-state index in [9.17, 15) is 9.59 Å². The molecule has 6 heteroatoms. The molecule has 112 valence electrons. The molecule has 0 amide bonds. The lowest BCUT2D eigenvalue weighted by atomic mass is 9.88. The molecule has 0 fully saturated rings. The van der Waals surface area contributed by atoms with E-state index in [4.69, 9.17) is 9.26 Å². The Kier molecular flexibility index (Phi) is 3.97. The minimum atomic E-state index is -0.982. The zero-order valence-electron chi connectivity index (χ0n) is 12.5. The maximum Gasteiger partial charge on any atom is 0.366 e. The summed E-state index contributed by atoms with van der Waals surface area (Å²) >= 11 is 0. The Hall–Kier alpha value is -2.37. The van der Waals surface area contributed by atoms with Gasteiger partial charge in [-0.3, -0.25) is 0 Å². The van der Waals surface area contributed by atoms with Gasteiger partial charge in [0.15, 0.2) is 5.82 Å². The Morgan fingerprint density at radius 2 is 1.95 bits per heavy atom. The number of nitrogens with zero attached hydrogens (tertiary/aromatic N) is 1. The molecule has 1 aromatic carbocycles. The van der Waals surface area contributed by atoms with Crippen molar-refractivity contribution < 1.29 is 14.1 Å². The lowest BCUT2D eigenvalue weighted by Gasteiger charge is -2.32. The summed E-state index contributed by atoms with van der Waals surface area (Å²) in [6.07, 6.45) is 0. The van der Waals surface area contributed by atoms with Crippen molar-refractivity contribution in [2.45, 2.75) is 26.3 Å². The highest BCUT2D eigenvalue weighted by Gasteiger charge is 2.38. The number of carbonyl (C=O) groups excluding carboxylic acids is 1. The normalized spacial score (nSPS) is 14.0. The molecular weight excluding hydrogens is 272 g/mol. The number of benzene rings is 1. The molecule has 2 rings (SSSR count). The van der Waals surface area contributed by atoms with Crippen molar-refractivity contribution in [2.24, 2.45) is 5.92 Å². The van der Waals surface area contributed by atoms with Gasteiger partial charge in [0.05, 0.1) is 12.5 Å². The number of rotatable bonds is 4. The molecule has 0 aliphatic rings. The predicted octanol–water partition coefficient (Wildman–Crippen LogP) is 2.19. The largest absolute Gasteiger partial charge is 0.467 e. The van der Waals surface area contributed by atoms with Crippen molar-refractivity contribution in [1.82, 2.24) is 5.16 Å². The average Bonchev–Trinajstić information content (AvgIpc) is 2.49. The Morgan fingerprint density at radius 3 is 2.52 bits per heavy atom. The van der Waals surface area contributed by atoms with Crippen LogP contribution >= 0.6 is 0 Å². The summed E-state index contributed by atoms with van der Waals surface area (Å²) in [6.45, 7) is 5.52. The zero-order chi connectivity index (χ0) is 15.6. The van der Waals surface area contributed by atoms with E-state index in [0.717, 1.165) is 0 Å². The smallest absolute Gasteiger partial charge is 0.366 e. The van der Waals surface area contributed by atoms with Gasteiger partial charge >= 0.3 is 11.6 Å². The third kappa shape index (κ3) is 2.61. The fraction of sp³-hybridized carbons (Fsp3) is 0.400. The van der Waals surface area contributed by atoms with E-state index in [1.54, 1.807) is 31.2 Å². The van der Waals surface area contributed by atoms with Gasteiger partial charge in [0.1, 0.15) is 5.54 Å². The molecule has 6 nitrogen and oxygen atoms in total. The molecule has 0 spiro atoms. The van der Waals surface area contributed by atoms with Gasteiger partial charge in [0.2, 0.25) is 0 Å². The van der Waals surface area contributed by atoms with Crippen LogP contribution in [0.2, 0.25) is 0 Å². The summed E-state index contributed by atoms with van der Waals surface area (Å²) in [6, 6.07) is 6.93. The second-order valence-corrected chi connectivity index (χ2v) is 5.34. The molecule has 0 saturated heterocycles. The first-order valence-corrected chi connectivity index (χ1v) is 6.65. The minimum Gasteiger partial charge on any atom is -0.467 e. The van der Waals surface area contributed by atoms with E-state index in [0.29, 0.717) is 16.6 Å². The molecule has 1 atom stereocenters. The van der Waals surface area contributed by atoms with Gasteiger partial charge in [0, 0.05) is 5.39 Å². The molecule has 0 aliphatic heterocycles. The van der Waals surface area contributed by atoms with Crippen LogP contribution in [0.1, 0.15) is 20.8 Å². The van der Waals surface area contributed by atoms with Crippen molar-refractivity contribution >= 4 is 22.6 Å². The van der Waals surface area contributed by atoms with Crippen LogP contribution in [0.25, 0.3) is 10.8 Å². The van der Waals surface area contributed by atoms with E-state index in [1.165, 1.54) is 7.11 Å². The van der Waals surface area contributed by atoms with Gasteiger partial charge in [-0.2, -0.15) is 0 Å². The van der Waals surface area contributed by atoms with Crippen LogP contribution in [0.4, 0.5) is 5.82 Å². The van der Waals surface area contributed by atoms with E-state index < -0.39 is 17.1 Å². The number of anilines is 1. The number of methoxy groups -OCH3 is 1. The van der Waals surface area contributed by atoms with Crippen LogP contribution in [0.5, 0.6) is 0 Å². The van der Waals surface area contributed by atoms with E-state index in [-0.39, 0.29) is 5.92 Å². The minimum absolute atomic E-state index is 0.0579. The summed E-state index contributed by atoms with van der Waals surface area (Å²) in [5.74, 6) is -0.126. The standard InChI is InChI=1S/C15H18N2O4/c1-9(2)15(3,14(19)20-4)16-12-10-7-5-6-8-11(10)13(18)21-17-12/h5-9H,1-4H3,(H,16,17). The molecule has 0 radical (unpaired) electrons. The number of hydrogen-bond acceptors (Lipinski definition) is 6. The molecule has 1 N–H and O–H groups in total. The van der Waals surface area contributed by atoms with Crippen molar-refractivity contribution in [2.75, 3.05) is 12.4 Å². The van der Waals surface area contributed by atoms with Crippen molar-refractivity contribution in [3.05, 3.63) is 34.7 Å². The number of hydrogen-bond donors (Lipinski definition) is 1. The Labute approximate surface area is 122 Å². The van der Waals surface area contributed by atoms with Gasteiger partial charge in [-0.25, -0.2) is 9.59 Å². The monoisotopic (exact) mass is 290 g/mol. The molecule has 21 heavy (non-hydrogen) atoms. The maximum absolute atomic E-state index is 12.1. The molecule has 1 aromatic heterocycles. The molecule has 0 bridgehead atoms. The van der Waals surface area contributed by atoms with E-state index >= 15 is 0 Å². The topological polar surface area (TPSA) is 81.4 Å². The number of aromatic nitrogens is 1. The van der Waals surface area contributed by atoms with Gasteiger partial charge < -0.3 is 14.6 Å².